The number of nitrogens with one attached hydrogen (secondary N) is 1. The van der Waals surface area contributed by atoms with Crippen LogP contribution in [0.1, 0.15) is 41.6 Å². The average Bonchev–Trinajstić information content (AvgIpc) is 3.54. The second-order valence-electron chi connectivity index (χ2n) is 7.49. The van der Waals surface area contributed by atoms with Gasteiger partial charge in [-0.1, -0.05) is 18.6 Å². The van der Waals surface area contributed by atoms with Crippen LogP contribution in [0.25, 0.3) is 21.0 Å². The van der Waals surface area contributed by atoms with Crippen LogP contribution in [-0.4, -0.2) is 35.4 Å². The van der Waals surface area contributed by atoms with E-state index in [0.717, 1.165) is 34.1 Å². The van der Waals surface area contributed by atoms with Crippen LogP contribution in [0.3, 0.4) is 0 Å². The van der Waals surface area contributed by atoms with Crippen molar-refractivity contribution in [1.82, 2.24) is 15.2 Å². The Morgan fingerprint density at radius 3 is 2.77 bits per heavy atom. The first-order valence-corrected chi connectivity index (χ1v) is 11.1. The minimum Gasteiger partial charge on any atom is -0.468 e. The fourth-order valence-corrected chi connectivity index (χ4v) is 4.88. The molecule has 1 atom stereocenters. The van der Waals surface area contributed by atoms with Crippen molar-refractivity contribution in [1.29, 1.82) is 0 Å². The summed E-state index contributed by atoms with van der Waals surface area (Å²) in [5.41, 5.74) is 0.933. The van der Waals surface area contributed by atoms with E-state index in [1.165, 1.54) is 19.3 Å². The summed E-state index contributed by atoms with van der Waals surface area (Å²) >= 11 is 1.56. The van der Waals surface area contributed by atoms with Gasteiger partial charge in [-0.05, 0) is 62.3 Å². The highest BCUT2D eigenvalue weighted by Crippen LogP contribution is 2.31. The number of carbonyl (C=O) groups is 1. The molecule has 0 saturated carbocycles. The molecule has 1 unspecified atom stereocenters. The van der Waals surface area contributed by atoms with Crippen molar-refractivity contribution in [2.45, 2.75) is 25.3 Å². The molecule has 7 heteroatoms. The number of hydrogen-bond donors (Lipinski definition) is 1. The first-order chi connectivity index (χ1) is 14.8. The van der Waals surface area contributed by atoms with E-state index < -0.39 is 0 Å². The third-order valence-corrected chi connectivity index (χ3v) is 6.54. The molecule has 4 heterocycles. The van der Waals surface area contributed by atoms with Gasteiger partial charge in [0.15, 0.2) is 16.5 Å². The van der Waals surface area contributed by atoms with Crippen LogP contribution in [0, 0.1) is 0 Å². The third kappa shape index (κ3) is 3.91. The molecule has 4 aromatic rings. The van der Waals surface area contributed by atoms with Gasteiger partial charge < -0.3 is 14.2 Å². The van der Waals surface area contributed by atoms with Crippen molar-refractivity contribution in [2.24, 2.45) is 0 Å². The van der Waals surface area contributed by atoms with E-state index in [-0.39, 0.29) is 11.9 Å². The topological polar surface area (TPSA) is 71.5 Å². The van der Waals surface area contributed by atoms with Crippen molar-refractivity contribution in [3.63, 3.8) is 0 Å². The Morgan fingerprint density at radius 1 is 1.10 bits per heavy atom. The third-order valence-electron chi connectivity index (χ3n) is 5.49. The van der Waals surface area contributed by atoms with E-state index in [4.69, 9.17) is 8.83 Å². The number of carbonyl (C=O) groups excluding carboxylic acids is 1. The monoisotopic (exact) mass is 421 g/mol. The minimum atomic E-state index is -0.226. The smallest absolute Gasteiger partial charge is 0.287 e. The SMILES string of the molecule is O=C(NCC(c1ccco1)N1CCCCC1)c1ccc(-c2nc3ccccc3s2)o1. The molecule has 3 aromatic heterocycles. The molecule has 5 rings (SSSR count). The Bertz CT molecular complexity index is 1090. The molecule has 1 amide bonds. The van der Waals surface area contributed by atoms with Gasteiger partial charge in [0.25, 0.3) is 5.91 Å². The molecule has 1 fully saturated rings. The second-order valence-corrected chi connectivity index (χ2v) is 8.52. The van der Waals surface area contributed by atoms with E-state index in [0.29, 0.717) is 18.1 Å². The average molecular weight is 422 g/mol. The van der Waals surface area contributed by atoms with Gasteiger partial charge in [-0.15, -0.1) is 11.3 Å². The quantitative estimate of drug-likeness (QED) is 0.469. The van der Waals surface area contributed by atoms with E-state index >= 15 is 0 Å². The number of thiazole rings is 1. The number of nitrogens with zero attached hydrogens (tertiary/aromatic N) is 2. The lowest BCUT2D eigenvalue weighted by molar-refractivity contribution is 0.0888. The minimum absolute atomic E-state index is 0.0305. The molecule has 0 aliphatic carbocycles. The zero-order valence-corrected chi connectivity index (χ0v) is 17.4. The van der Waals surface area contributed by atoms with Crippen LogP contribution in [0.4, 0.5) is 0 Å². The lowest BCUT2D eigenvalue weighted by Gasteiger charge is -2.33. The first kappa shape index (κ1) is 19.1. The molecule has 0 spiro atoms. The molecule has 0 radical (unpaired) electrons. The summed E-state index contributed by atoms with van der Waals surface area (Å²) < 4.78 is 12.6. The summed E-state index contributed by atoms with van der Waals surface area (Å²) in [6.07, 6.45) is 5.29. The summed E-state index contributed by atoms with van der Waals surface area (Å²) in [5.74, 6) is 1.56. The Kier molecular flexibility index (Phi) is 5.38. The van der Waals surface area contributed by atoms with Crippen molar-refractivity contribution >= 4 is 27.5 Å². The van der Waals surface area contributed by atoms with Crippen molar-refractivity contribution in [3.8, 4) is 10.8 Å². The Morgan fingerprint density at radius 2 is 1.97 bits per heavy atom. The molecule has 1 aliphatic heterocycles. The molecule has 1 aliphatic rings. The van der Waals surface area contributed by atoms with E-state index in [9.17, 15) is 4.79 Å². The van der Waals surface area contributed by atoms with E-state index in [1.54, 1.807) is 29.7 Å². The van der Waals surface area contributed by atoms with Crippen molar-refractivity contribution in [2.75, 3.05) is 19.6 Å². The largest absolute Gasteiger partial charge is 0.468 e. The lowest BCUT2D eigenvalue weighted by Crippen LogP contribution is -2.40. The molecular formula is C23H23N3O3S. The number of piperidine rings is 1. The summed E-state index contributed by atoms with van der Waals surface area (Å²) in [4.78, 5) is 19.7. The maximum atomic E-state index is 12.7. The van der Waals surface area contributed by atoms with Gasteiger partial charge in [0, 0.05) is 6.54 Å². The molecule has 1 saturated heterocycles. The highest BCUT2D eigenvalue weighted by atomic mass is 32.1. The first-order valence-electron chi connectivity index (χ1n) is 10.3. The highest BCUT2D eigenvalue weighted by molar-refractivity contribution is 7.21. The number of amides is 1. The summed E-state index contributed by atoms with van der Waals surface area (Å²) in [5, 5.41) is 3.80. The normalized spacial score (nSPS) is 16.0. The predicted molar refractivity (Wildman–Crippen MR) is 117 cm³/mol. The Balaban J connectivity index is 1.29. The fraction of sp³-hybridized carbons (Fsp3) is 0.304. The summed E-state index contributed by atoms with van der Waals surface area (Å²) in [7, 11) is 0. The molecular weight excluding hydrogens is 398 g/mol. The number of hydrogen-bond acceptors (Lipinski definition) is 6. The number of furan rings is 2. The molecule has 6 nitrogen and oxygen atoms in total. The lowest BCUT2D eigenvalue weighted by atomic mass is 10.1. The molecule has 0 bridgehead atoms. The van der Waals surface area contributed by atoms with Crippen molar-refractivity contribution in [3.05, 3.63) is 66.3 Å². The van der Waals surface area contributed by atoms with Crippen LogP contribution in [-0.2, 0) is 0 Å². The molecule has 154 valence electrons. The maximum Gasteiger partial charge on any atom is 0.287 e. The van der Waals surface area contributed by atoms with Gasteiger partial charge >= 0.3 is 0 Å². The van der Waals surface area contributed by atoms with Crippen LogP contribution in [0.5, 0.6) is 0 Å². The van der Waals surface area contributed by atoms with Gasteiger partial charge in [0.05, 0.1) is 22.5 Å². The number of rotatable bonds is 6. The molecule has 30 heavy (non-hydrogen) atoms. The second kappa shape index (κ2) is 8.45. The maximum absolute atomic E-state index is 12.7. The summed E-state index contributed by atoms with van der Waals surface area (Å²) in [6, 6.07) is 15.4. The van der Waals surface area contributed by atoms with Gasteiger partial charge in [-0.3, -0.25) is 9.69 Å². The van der Waals surface area contributed by atoms with Crippen LogP contribution in [0.15, 0.2) is 63.6 Å². The Hall–Kier alpha value is -2.90. The standard InChI is InChI=1S/C23H23N3O3S/c27-22(24-15-17(18-8-6-14-28-18)26-12-4-1-5-13-26)19-10-11-20(29-19)23-25-16-7-2-3-9-21(16)30-23/h2-3,6-11,14,17H,1,4-5,12-13,15H2,(H,24,27). The number of benzene rings is 1. The summed E-state index contributed by atoms with van der Waals surface area (Å²) in [6.45, 7) is 2.51. The predicted octanol–water partition coefficient (Wildman–Crippen LogP) is 5.11. The van der Waals surface area contributed by atoms with E-state index in [1.807, 2.05) is 36.4 Å². The van der Waals surface area contributed by atoms with Gasteiger partial charge in [0.2, 0.25) is 0 Å². The number of fused-ring (bicyclic) bond motifs is 1. The van der Waals surface area contributed by atoms with Crippen LogP contribution < -0.4 is 5.32 Å². The molecule has 1 aromatic carbocycles. The zero-order chi connectivity index (χ0) is 20.3. The van der Waals surface area contributed by atoms with Crippen LogP contribution in [0.2, 0.25) is 0 Å². The Labute approximate surface area is 178 Å². The van der Waals surface area contributed by atoms with Crippen LogP contribution >= 0.6 is 11.3 Å². The fourth-order valence-electron chi connectivity index (χ4n) is 3.95. The number of likely N-dealkylation sites (tertiary alicyclic amines) is 1. The van der Waals surface area contributed by atoms with Crippen molar-refractivity contribution < 1.29 is 13.6 Å². The van der Waals surface area contributed by atoms with E-state index in [2.05, 4.69) is 15.2 Å². The number of aromatic nitrogens is 1. The number of para-hydroxylation sites is 1. The van der Waals surface area contributed by atoms with Gasteiger partial charge in [0.1, 0.15) is 5.76 Å². The highest BCUT2D eigenvalue weighted by Gasteiger charge is 2.25. The zero-order valence-electron chi connectivity index (χ0n) is 16.5. The molecule has 1 N–H and O–H groups in total. The van der Waals surface area contributed by atoms with Gasteiger partial charge in [-0.25, -0.2) is 4.98 Å². The van der Waals surface area contributed by atoms with Gasteiger partial charge in [-0.2, -0.15) is 0 Å².